The molecule has 14 nitrogen and oxygen atoms in total. The Bertz CT molecular complexity index is 1170. The molecule has 2 aliphatic heterocycles. The van der Waals surface area contributed by atoms with Gasteiger partial charge in [0, 0.05) is 37.4 Å². The van der Waals surface area contributed by atoms with E-state index in [0.717, 1.165) is 19.3 Å². The maximum absolute atomic E-state index is 13.2. The van der Waals surface area contributed by atoms with Gasteiger partial charge in [-0.25, -0.2) is 4.79 Å². The lowest BCUT2D eigenvalue weighted by atomic mass is 9.86. The van der Waals surface area contributed by atoms with Crippen molar-refractivity contribution >= 4 is 39.7 Å². The molecule has 4 aliphatic rings. The Morgan fingerprint density at radius 3 is 2.33 bits per heavy atom. The molecule has 2 saturated carbocycles. The van der Waals surface area contributed by atoms with Crippen LogP contribution in [-0.4, -0.2) is 96.3 Å². The van der Waals surface area contributed by atoms with Gasteiger partial charge >= 0.3 is 6.09 Å². The number of aliphatic hydroxyl groups is 1. The first-order chi connectivity index (χ1) is 19.7. The van der Waals surface area contributed by atoms with E-state index >= 15 is 0 Å². The molecule has 2 aliphatic carbocycles. The number of amides is 4. The molecule has 42 heavy (non-hydrogen) atoms. The second kappa shape index (κ2) is 13.2. The highest BCUT2D eigenvalue weighted by molar-refractivity contribution is 7.87. The number of alkyl carbamates (subject to hydrolysis) is 1. The van der Waals surface area contributed by atoms with Crippen molar-refractivity contribution in [3.63, 3.8) is 0 Å². The SMILES string of the molecule is CC(C)C[C@H](NC(=O)OCC1CN(C(=O)C2CC3CCC2C3)C1)C(=O)N[C@@H](C[C@H]1CCNC1=O)C(=O)C(O)S(=O)(=O)O. The summed E-state index contributed by atoms with van der Waals surface area (Å²) in [6, 6.07) is -2.80. The fourth-order valence-corrected chi connectivity index (χ4v) is 7.17. The van der Waals surface area contributed by atoms with E-state index in [2.05, 4.69) is 16.0 Å². The highest BCUT2D eigenvalue weighted by atomic mass is 32.2. The molecule has 236 valence electrons. The van der Waals surface area contributed by atoms with Gasteiger partial charge in [-0.1, -0.05) is 20.3 Å². The summed E-state index contributed by atoms with van der Waals surface area (Å²) in [5, 5.41) is 17.3. The molecular formula is C27H42N4O10S. The van der Waals surface area contributed by atoms with E-state index in [1.165, 1.54) is 6.42 Å². The van der Waals surface area contributed by atoms with Crippen molar-refractivity contribution in [1.82, 2.24) is 20.9 Å². The van der Waals surface area contributed by atoms with E-state index in [-0.39, 0.29) is 43.1 Å². The number of ether oxygens (including phenoxy) is 1. The van der Waals surface area contributed by atoms with Crippen LogP contribution in [0.3, 0.4) is 0 Å². The summed E-state index contributed by atoms with van der Waals surface area (Å²) in [7, 11) is -5.18. The predicted molar refractivity (Wildman–Crippen MR) is 147 cm³/mol. The Labute approximate surface area is 245 Å². The van der Waals surface area contributed by atoms with Gasteiger partial charge in [-0.05, 0) is 56.3 Å². The summed E-state index contributed by atoms with van der Waals surface area (Å²) < 4.78 is 37.3. The van der Waals surface area contributed by atoms with Crippen molar-refractivity contribution in [2.45, 2.75) is 76.3 Å². The third kappa shape index (κ3) is 7.78. The van der Waals surface area contributed by atoms with Gasteiger partial charge in [0.05, 0.1) is 12.6 Å². The van der Waals surface area contributed by atoms with Gasteiger partial charge in [0.2, 0.25) is 28.9 Å². The zero-order chi connectivity index (χ0) is 30.8. The standard InChI is InChI=1S/C27H42N4O10S/c1-14(2)7-21(24(34)29-20(10-18-5-6-28-23(18)33)22(32)26(36)42(38,39)40)30-27(37)41-13-16-11-31(12-16)25(35)19-9-15-3-4-17(19)8-15/h14-21,26,36H,3-13H2,1-2H3,(H,28,33)(H,29,34)(H,30,37)(H,38,39,40)/t15?,17?,18-,19?,20+,21+,26?/m1/s1. The molecular weight excluding hydrogens is 572 g/mol. The zero-order valence-corrected chi connectivity index (χ0v) is 24.8. The van der Waals surface area contributed by atoms with Gasteiger partial charge in [-0.15, -0.1) is 0 Å². The lowest BCUT2D eigenvalue weighted by molar-refractivity contribution is -0.144. The van der Waals surface area contributed by atoms with E-state index in [0.29, 0.717) is 37.9 Å². The average molecular weight is 615 g/mol. The fraction of sp³-hybridized carbons (Fsp3) is 0.815. The molecule has 4 fully saturated rings. The average Bonchev–Trinajstić information content (AvgIpc) is 3.63. The minimum atomic E-state index is -5.18. The number of hydrogen-bond donors (Lipinski definition) is 5. The van der Waals surface area contributed by atoms with Crippen LogP contribution in [0.4, 0.5) is 4.79 Å². The number of carbonyl (C=O) groups is 5. The number of nitrogens with zero attached hydrogens (tertiary/aromatic N) is 1. The minimum absolute atomic E-state index is 0.0165. The van der Waals surface area contributed by atoms with Crippen LogP contribution >= 0.6 is 0 Å². The van der Waals surface area contributed by atoms with Crippen molar-refractivity contribution < 1.29 is 46.8 Å². The monoisotopic (exact) mass is 614 g/mol. The number of nitrogens with one attached hydrogen (secondary N) is 3. The molecule has 0 aromatic rings. The molecule has 0 aromatic heterocycles. The number of rotatable bonds is 13. The quantitative estimate of drug-likeness (QED) is 0.173. The number of hydrogen-bond acceptors (Lipinski definition) is 9. The molecule has 0 aromatic carbocycles. The molecule has 2 bridgehead atoms. The molecule has 4 rings (SSSR count). The lowest BCUT2D eigenvalue weighted by Crippen LogP contribution is -2.56. The van der Waals surface area contributed by atoms with Crippen molar-refractivity contribution in [2.24, 2.45) is 35.5 Å². The Balaban J connectivity index is 1.29. The van der Waals surface area contributed by atoms with Gasteiger partial charge < -0.3 is 30.7 Å². The van der Waals surface area contributed by atoms with E-state index in [1.807, 2.05) is 4.90 Å². The highest BCUT2D eigenvalue weighted by Crippen LogP contribution is 2.49. The zero-order valence-electron chi connectivity index (χ0n) is 24.0. The van der Waals surface area contributed by atoms with Gasteiger partial charge in [-0.3, -0.25) is 23.7 Å². The third-order valence-corrected chi connectivity index (χ3v) is 9.76. The van der Waals surface area contributed by atoms with Crippen molar-refractivity contribution in [3.8, 4) is 0 Å². The number of fused-ring (bicyclic) bond motifs is 2. The van der Waals surface area contributed by atoms with E-state index < -0.39 is 57.2 Å². The molecule has 0 radical (unpaired) electrons. The van der Waals surface area contributed by atoms with Gasteiger partial charge in [0.1, 0.15) is 6.04 Å². The summed E-state index contributed by atoms with van der Waals surface area (Å²) in [4.78, 5) is 65.2. The fourth-order valence-electron chi connectivity index (χ4n) is 6.71. The maximum Gasteiger partial charge on any atom is 0.407 e. The summed E-state index contributed by atoms with van der Waals surface area (Å²) >= 11 is 0. The van der Waals surface area contributed by atoms with Gasteiger partial charge in [-0.2, -0.15) is 8.42 Å². The molecule has 2 heterocycles. The maximum atomic E-state index is 13.2. The van der Waals surface area contributed by atoms with Crippen LogP contribution in [0.5, 0.6) is 0 Å². The number of Topliss-reactive ketones (excluding diaryl/α,β-unsaturated/α-hetero) is 1. The van der Waals surface area contributed by atoms with Crippen LogP contribution in [0.1, 0.15) is 58.8 Å². The largest absolute Gasteiger partial charge is 0.449 e. The third-order valence-electron chi connectivity index (χ3n) is 8.96. The summed E-state index contributed by atoms with van der Waals surface area (Å²) in [6.45, 7) is 5.00. The van der Waals surface area contributed by atoms with Gasteiger partial charge in [0.25, 0.3) is 10.1 Å². The van der Waals surface area contributed by atoms with Crippen LogP contribution in [0.15, 0.2) is 0 Å². The number of likely N-dealkylation sites (tertiary alicyclic amines) is 1. The highest BCUT2D eigenvalue weighted by Gasteiger charge is 2.46. The first kappa shape index (κ1) is 32.1. The Morgan fingerprint density at radius 1 is 1.07 bits per heavy atom. The normalized spacial score (nSPS) is 27.6. The van der Waals surface area contributed by atoms with Crippen LogP contribution in [-0.2, 0) is 34.0 Å². The van der Waals surface area contributed by atoms with Crippen LogP contribution in [0.2, 0.25) is 0 Å². The first-order valence-electron chi connectivity index (χ1n) is 14.7. The van der Waals surface area contributed by atoms with Crippen LogP contribution in [0.25, 0.3) is 0 Å². The Hall–Kier alpha value is -2.78. The summed E-state index contributed by atoms with van der Waals surface area (Å²) in [5.41, 5.74) is -2.81. The van der Waals surface area contributed by atoms with Crippen LogP contribution in [0, 0.1) is 35.5 Å². The van der Waals surface area contributed by atoms with Crippen LogP contribution < -0.4 is 16.0 Å². The molecule has 0 spiro atoms. The molecule has 4 unspecified atom stereocenters. The molecule has 15 heteroatoms. The van der Waals surface area contributed by atoms with E-state index in [4.69, 9.17) is 9.29 Å². The smallest absolute Gasteiger partial charge is 0.407 e. The van der Waals surface area contributed by atoms with Crippen molar-refractivity contribution in [1.29, 1.82) is 0 Å². The first-order valence-corrected chi connectivity index (χ1v) is 16.2. The second-order valence-corrected chi connectivity index (χ2v) is 14.1. The molecule has 2 saturated heterocycles. The number of ketones is 1. The molecule has 5 N–H and O–H groups in total. The lowest BCUT2D eigenvalue weighted by Gasteiger charge is -2.41. The molecule has 7 atom stereocenters. The topological polar surface area (TPSA) is 209 Å². The summed E-state index contributed by atoms with van der Waals surface area (Å²) in [6.07, 6.45) is 3.75. The number of carbonyl (C=O) groups excluding carboxylic acids is 5. The van der Waals surface area contributed by atoms with E-state index in [9.17, 15) is 37.5 Å². The van der Waals surface area contributed by atoms with Crippen molar-refractivity contribution in [2.75, 3.05) is 26.2 Å². The predicted octanol–water partition coefficient (Wildman–Crippen LogP) is -0.192. The Kier molecular flexibility index (Phi) is 10.1. The van der Waals surface area contributed by atoms with E-state index in [1.54, 1.807) is 13.8 Å². The summed E-state index contributed by atoms with van der Waals surface area (Å²) in [5.74, 6) is -1.99. The minimum Gasteiger partial charge on any atom is -0.449 e. The number of aliphatic hydroxyl groups excluding tert-OH is 1. The molecule has 4 amide bonds. The second-order valence-electron chi connectivity index (χ2n) is 12.7. The van der Waals surface area contributed by atoms with Crippen molar-refractivity contribution in [3.05, 3.63) is 0 Å². The van der Waals surface area contributed by atoms with Gasteiger partial charge in [0.15, 0.2) is 0 Å². The Morgan fingerprint density at radius 2 is 1.79 bits per heavy atom.